The van der Waals surface area contributed by atoms with E-state index in [4.69, 9.17) is 0 Å². The molecule has 7 nitrogen and oxygen atoms in total. The standard InChI is InChI=1S/C23H28N6O/c1-3-28-17(2)20(13-24-28)14-26-10-11-29-21(16-26)12-22(25-29)23(30)27-9-8-18-6-4-5-7-19(18)15-27/h4-7,12-13H,3,8-11,14-16H2,1-2H3. The van der Waals surface area contributed by atoms with Crippen LogP contribution in [0.15, 0.2) is 36.5 Å². The number of aromatic nitrogens is 4. The summed E-state index contributed by atoms with van der Waals surface area (Å²) in [7, 11) is 0. The van der Waals surface area contributed by atoms with E-state index in [0.29, 0.717) is 12.2 Å². The largest absolute Gasteiger partial charge is 0.333 e. The highest BCUT2D eigenvalue weighted by molar-refractivity contribution is 5.92. The van der Waals surface area contributed by atoms with Gasteiger partial charge in [-0.1, -0.05) is 24.3 Å². The first-order chi connectivity index (χ1) is 14.6. The van der Waals surface area contributed by atoms with E-state index in [9.17, 15) is 4.79 Å². The summed E-state index contributed by atoms with van der Waals surface area (Å²) in [5.74, 6) is 0.0398. The third-order valence-corrected chi connectivity index (χ3v) is 6.41. The van der Waals surface area contributed by atoms with Gasteiger partial charge in [0.25, 0.3) is 5.91 Å². The Morgan fingerprint density at radius 2 is 1.93 bits per heavy atom. The van der Waals surface area contributed by atoms with E-state index < -0.39 is 0 Å². The van der Waals surface area contributed by atoms with Gasteiger partial charge < -0.3 is 4.90 Å². The minimum absolute atomic E-state index is 0.0398. The van der Waals surface area contributed by atoms with Crippen LogP contribution >= 0.6 is 0 Å². The maximum atomic E-state index is 13.1. The average molecular weight is 405 g/mol. The lowest BCUT2D eigenvalue weighted by atomic mass is 10.00. The molecule has 4 heterocycles. The number of rotatable bonds is 4. The maximum Gasteiger partial charge on any atom is 0.274 e. The van der Waals surface area contributed by atoms with E-state index in [1.54, 1.807) is 0 Å². The number of hydrogen-bond acceptors (Lipinski definition) is 4. The second kappa shape index (κ2) is 7.72. The number of amides is 1. The second-order valence-electron chi connectivity index (χ2n) is 8.27. The molecule has 3 aromatic rings. The van der Waals surface area contributed by atoms with Crippen LogP contribution in [-0.4, -0.2) is 48.4 Å². The highest BCUT2D eigenvalue weighted by atomic mass is 16.2. The predicted molar refractivity (Wildman–Crippen MR) is 114 cm³/mol. The fourth-order valence-electron chi connectivity index (χ4n) is 4.59. The van der Waals surface area contributed by atoms with Gasteiger partial charge in [0.05, 0.1) is 18.4 Å². The van der Waals surface area contributed by atoms with Gasteiger partial charge in [0, 0.05) is 50.5 Å². The van der Waals surface area contributed by atoms with Crippen LogP contribution in [0.25, 0.3) is 0 Å². The topological polar surface area (TPSA) is 59.2 Å². The third-order valence-electron chi connectivity index (χ3n) is 6.41. The van der Waals surface area contributed by atoms with Gasteiger partial charge in [-0.05, 0) is 37.5 Å². The van der Waals surface area contributed by atoms with Crippen LogP contribution in [0, 0.1) is 6.92 Å². The lowest BCUT2D eigenvalue weighted by molar-refractivity contribution is 0.0727. The molecule has 0 N–H and O–H groups in total. The van der Waals surface area contributed by atoms with Gasteiger partial charge >= 0.3 is 0 Å². The van der Waals surface area contributed by atoms with Crippen molar-refractivity contribution in [3.05, 3.63) is 70.3 Å². The lowest BCUT2D eigenvalue weighted by Gasteiger charge is -2.28. The van der Waals surface area contributed by atoms with Gasteiger partial charge in [0.15, 0.2) is 5.69 Å². The van der Waals surface area contributed by atoms with Crippen LogP contribution in [0.3, 0.4) is 0 Å². The van der Waals surface area contributed by atoms with Crippen LogP contribution in [0.1, 0.15) is 45.5 Å². The molecule has 0 radical (unpaired) electrons. The molecule has 7 heteroatoms. The van der Waals surface area contributed by atoms with Crippen molar-refractivity contribution in [3.8, 4) is 0 Å². The Balaban J connectivity index is 1.28. The van der Waals surface area contributed by atoms with E-state index in [1.807, 2.05) is 32.6 Å². The lowest BCUT2D eigenvalue weighted by Crippen LogP contribution is -2.36. The van der Waals surface area contributed by atoms with Gasteiger partial charge in [-0.2, -0.15) is 10.2 Å². The van der Waals surface area contributed by atoms with Gasteiger partial charge in [-0.15, -0.1) is 0 Å². The van der Waals surface area contributed by atoms with Gasteiger partial charge in [0.2, 0.25) is 0 Å². The number of fused-ring (bicyclic) bond motifs is 2. The second-order valence-corrected chi connectivity index (χ2v) is 8.27. The first-order valence-corrected chi connectivity index (χ1v) is 10.8. The number of hydrogen-bond donors (Lipinski definition) is 0. The summed E-state index contributed by atoms with van der Waals surface area (Å²) in [4.78, 5) is 17.4. The number of carbonyl (C=O) groups is 1. The molecule has 0 spiro atoms. The fourth-order valence-corrected chi connectivity index (χ4v) is 4.59. The smallest absolute Gasteiger partial charge is 0.274 e. The number of carbonyl (C=O) groups excluding carboxylic acids is 1. The van der Waals surface area contributed by atoms with Crippen molar-refractivity contribution in [2.45, 2.75) is 53.0 Å². The van der Waals surface area contributed by atoms with Crippen molar-refractivity contribution in [2.24, 2.45) is 0 Å². The molecule has 0 saturated heterocycles. The molecular formula is C23H28N6O. The summed E-state index contributed by atoms with van der Waals surface area (Å²) in [6.07, 6.45) is 2.89. The Morgan fingerprint density at radius 3 is 2.73 bits per heavy atom. The van der Waals surface area contributed by atoms with Crippen molar-refractivity contribution in [1.82, 2.24) is 29.4 Å². The minimum atomic E-state index is 0.0398. The summed E-state index contributed by atoms with van der Waals surface area (Å²) in [6.45, 7) is 9.99. The van der Waals surface area contributed by atoms with Crippen molar-refractivity contribution in [2.75, 3.05) is 13.1 Å². The van der Waals surface area contributed by atoms with Crippen molar-refractivity contribution >= 4 is 5.91 Å². The molecule has 5 rings (SSSR count). The van der Waals surface area contributed by atoms with Crippen LogP contribution in [0.5, 0.6) is 0 Å². The first kappa shape index (κ1) is 19.1. The molecule has 0 saturated carbocycles. The van der Waals surface area contributed by atoms with Crippen LogP contribution in [0.2, 0.25) is 0 Å². The molecule has 0 unspecified atom stereocenters. The van der Waals surface area contributed by atoms with Gasteiger partial charge in [0.1, 0.15) is 0 Å². The third kappa shape index (κ3) is 3.43. The Kier molecular flexibility index (Phi) is 4.90. The van der Waals surface area contributed by atoms with E-state index >= 15 is 0 Å². The molecule has 2 aliphatic rings. The number of aryl methyl sites for hydroxylation is 1. The molecule has 1 amide bonds. The number of nitrogens with zero attached hydrogens (tertiary/aromatic N) is 6. The first-order valence-electron chi connectivity index (χ1n) is 10.8. The zero-order chi connectivity index (χ0) is 20.7. The van der Waals surface area contributed by atoms with Crippen molar-refractivity contribution in [3.63, 3.8) is 0 Å². The summed E-state index contributed by atoms with van der Waals surface area (Å²) in [6, 6.07) is 10.4. The predicted octanol–water partition coefficient (Wildman–Crippen LogP) is 2.62. The van der Waals surface area contributed by atoms with E-state index in [1.165, 1.54) is 22.4 Å². The highest BCUT2D eigenvalue weighted by Crippen LogP contribution is 2.22. The molecule has 30 heavy (non-hydrogen) atoms. The summed E-state index contributed by atoms with van der Waals surface area (Å²) < 4.78 is 4.04. The van der Waals surface area contributed by atoms with E-state index in [2.05, 4.69) is 47.1 Å². The Morgan fingerprint density at radius 1 is 1.10 bits per heavy atom. The fraction of sp³-hybridized carbons (Fsp3) is 0.435. The molecule has 0 aliphatic carbocycles. The zero-order valence-corrected chi connectivity index (χ0v) is 17.7. The highest BCUT2D eigenvalue weighted by Gasteiger charge is 2.26. The molecular weight excluding hydrogens is 376 g/mol. The molecule has 0 bridgehead atoms. The molecule has 2 aliphatic heterocycles. The van der Waals surface area contributed by atoms with Gasteiger partial charge in [-0.3, -0.25) is 19.1 Å². The quantitative estimate of drug-likeness (QED) is 0.671. The zero-order valence-electron chi connectivity index (χ0n) is 17.7. The molecule has 0 fully saturated rings. The summed E-state index contributed by atoms with van der Waals surface area (Å²) in [5, 5.41) is 9.10. The summed E-state index contributed by atoms with van der Waals surface area (Å²) in [5.41, 5.74) is 6.79. The maximum absolute atomic E-state index is 13.1. The molecule has 1 aromatic carbocycles. The number of benzene rings is 1. The van der Waals surface area contributed by atoms with E-state index in [0.717, 1.165) is 51.4 Å². The van der Waals surface area contributed by atoms with Crippen molar-refractivity contribution in [1.29, 1.82) is 0 Å². The Bertz CT molecular complexity index is 1080. The normalized spacial score (nSPS) is 16.4. The van der Waals surface area contributed by atoms with Gasteiger partial charge in [-0.25, -0.2) is 0 Å². The average Bonchev–Trinajstić information content (AvgIpc) is 3.36. The van der Waals surface area contributed by atoms with Crippen molar-refractivity contribution < 1.29 is 4.79 Å². The molecule has 2 aromatic heterocycles. The molecule has 0 atom stereocenters. The Hall–Kier alpha value is -2.93. The SMILES string of the molecule is CCn1ncc(CN2CCn3nc(C(=O)N4CCc5ccccc5C4)cc3C2)c1C. The van der Waals surface area contributed by atoms with Crippen LogP contribution in [-0.2, 0) is 39.1 Å². The Labute approximate surface area is 176 Å². The molecule has 156 valence electrons. The van der Waals surface area contributed by atoms with Crippen LogP contribution in [0.4, 0.5) is 0 Å². The van der Waals surface area contributed by atoms with E-state index in [-0.39, 0.29) is 5.91 Å². The monoisotopic (exact) mass is 404 g/mol. The van der Waals surface area contributed by atoms with Crippen LogP contribution < -0.4 is 0 Å². The summed E-state index contributed by atoms with van der Waals surface area (Å²) >= 11 is 0. The minimum Gasteiger partial charge on any atom is -0.333 e.